The molecule has 2 aromatic heterocycles. The van der Waals surface area contributed by atoms with E-state index in [1.165, 1.54) is 119 Å². The average Bonchev–Trinajstić information content (AvgIpc) is 3.76. The van der Waals surface area contributed by atoms with E-state index in [1.54, 1.807) is 38.9 Å². The van der Waals surface area contributed by atoms with Crippen molar-refractivity contribution in [2.75, 3.05) is 0 Å². The fourth-order valence-electron chi connectivity index (χ4n) is 19.5. The zero-order chi connectivity index (χ0) is 44.8. The van der Waals surface area contributed by atoms with Crippen LogP contribution in [0.1, 0.15) is 232 Å². The molecule has 10 aliphatic carbocycles. The zero-order valence-corrected chi connectivity index (χ0v) is 41.0. The maximum absolute atomic E-state index is 11.4. The van der Waals surface area contributed by atoms with Crippen LogP contribution >= 0.6 is 0 Å². The van der Waals surface area contributed by atoms with Crippen LogP contribution in [0.2, 0.25) is 0 Å². The van der Waals surface area contributed by atoms with Gasteiger partial charge in [0.05, 0.1) is 39.8 Å². The van der Waals surface area contributed by atoms with Crippen molar-refractivity contribution in [2.45, 2.75) is 193 Å². The normalized spacial score (nSPS) is 30.4. The summed E-state index contributed by atoms with van der Waals surface area (Å²) in [4.78, 5) is 0. The standard InChI is InChI=1S/C62H69N3/c1-58(2,3)28-62(29-59(4,5)6)43-11-12-44-56(61(9,10)30-60(44,7)8)51(43)41-25-42-52-45(23-39(26-63)47-35-15-31-13-32(16-35)20-37(19-31)49(47)52)65-46-24-40(27-64)48-36-17-33-14-34(18-36)22-38(21-33)50(48)53(46)54(55(41)62)57(42)65/h11-12,23-25,31-38H,13-22,28-30H2,1-10H3. The lowest BCUT2D eigenvalue weighted by atomic mass is 9.61. The molecule has 0 spiro atoms. The molecule has 3 nitrogen and oxygen atoms in total. The molecule has 332 valence electrons. The average molecular weight is 856 g/mol. The van der Waals surface area contributed by atoms with E-state index < -0.39 is 0 Å². The first-order valence-electron chi connectivity index (χ1n) is 26.2. The van der Waals surface area contributed by atoms with E-state index in [0.717, 1.165) is 54.1 Å². The van der Waals surface area contributed by atoms with Crippen molar-refractivity contribution in [3.8, 4) is 23.3 Å². The molecule has 0 saturated heterocycles. The van der Waals surface area contributed by atoms with Gasteiger partial charge in [0.1, 0.15) is 0 Å². The zero-order valence-electron chi connectivity index (χ0n) is 41.0. The first kappa shape index (κ1) is 39.8. The van der Waals surface area contributed by atoms with Crippen molar-refractivity contribution in [1.82, 2.24) is 4.40 Å². The van der Waals surface area contributed by atoms with Gasteiger partial charge in [0.15, 0.2) is 0 Å². The molecule has 6 aromatic rings. The lowest BCUT2D eigenvalue weighted by Crippen LogP contribution is -2.35. The number of benzene rings is 4. The van der Waals surface area contributed by atoms with E-state index in [4.69, 9.17) is 0 Å². The molecule has 4 fully saturated rings. The van der Waals surface area contributed by atoms with E-state index in [1.807, 2.05) is 0 Å². The molecule has 10 aliphatic rings. The fourth-order valence-corrected chi connectivity index (χ4v) is 19.5. The Bertz CT molecular complexity index is 3200. The molecule has 4 saturated carbocycles. The number of nitrogens with zero attached hydrogens (tertiary/aromatic N) is 3. The fraction of sp³-hybridized carbons (Fsp3) is 0.581. The Kier molecular flexibility index (Phi) is 7.48. The first-order chi connectivity index (χ1) is 30.8. The van der Waals surface area contributed by atoms with Gasteiger partial charge < -0.3 is 4.40 Å². The Labute approximate surface area is 387 Å². The minimum Gasteiger partial charge on any atom is -0.308 e. The topological polar surface area (TPSA) is 52.0 Å². The molecule has 4 atom stereocenters. The van der Waals surface area contributed by atoms with Gasteiger partial charge in [-0.1, -0.05) is 81.4 Å². The minimum atomic E-state index is -0.222. The van der Waals surface area contributed by atoms with Crippen LogP contribution in [-0.4, -0.2) is 4.40 Å². The molecule has 8 bridgehead atoms. The first-order valence-corrected chi connectivity index (χ1v) is 26.2. The third kappa shape index (κ3) is 5.03. The van der Waals surface area contributed by atoms with Crippen LogP contribution in [0.5, 0.6) is 0 Å². The molecule has 3 heteroatoms. The Balaban J connectivity index is 1.26. The Morgan fingerprint density at radius 3 is 1.51 bits per heavy atom. The monoisotopic (exact) mass is 856 g/mol. The van der Waals surface area contributed by atoms with Crippen LogP contribution in [0.4, 0.5) is 0 Å². The number of fused-ring (bicyclic) bond motifs is 12. The number of hydrogen-bond donors (Lipinski definition) is 0. The van der Waals surface area contributed by atoms with Crippen LogP contribution in [0, 0.1) is 57.2 Å². The molecule has 65 heavy (non-hydrogen) atoms. The largest absolute Gasteiger partial charge is 0.308 e. The van der Waals surface area contributed by atoms with Crippen molar-refractivity contribution in [3.63, 3.8) is 0 Å². The molecule has 4 aromatic carbocycles. The minimum absolute atomic E-state index is 0.0238. The summed E-state index contributed by atoms with van der Waals surface area (Å²) in [7, 11) is 0. The lowest BCUT2D eigenvalue weighted by molar-refractivity contribution is 0.166. The van der Waals surface area contributed by atoms with Gasteiger partial charge >= 0.3 is 0 Å². The maximum Gasteiger partial charge on any atom is 0.0995 e. The molecule has 0 aliphatic heterocycles. The van der Waals surface area contributed by atoms with Crippen molar-refractivity contribution >= 4 is 38.1 Å². The molecule has 0 radical (unpaired) electrons. The van der Waals surface area contributed by atoms with Crippen LogP contribution in [0.3, 0.4) is 0 Å². The molecular weight excluding hydrogens is 787 g/mol. The molecule has 0 amide bonds. The van der Waals surface area contributed by atoms with Crippen LogP contribution in [0.15, 0.2) is 30.3 Å². The van der Waals surface area contributed by atoms with E-state index >= 15 is 0 Å². The van der Waals surface area contributed by atoms with Gasteiger partial charge in [-0.05, 0) is 226 Å². The Morgan fingerprint density at radius 2 is 1.02 bits per heavy atom. The summed E-state index contributed by atoms with van der Waals surface area (Å²) in [5.74, 6) is 4.97. The molecule has 16 rings (SSSR count). The lowest BCUT2D eigenvalue weighted by Gasteiger charge is -2.42. The van der Waals surface area contributed by atoms with Gasteiger partial charge in [-0.3, -0.25) is 0 Å². The van der Waals surface area contributed by atoms with Crippen molar-refractivity contribution < 1.29 is 0 Å². The predicted octanol–water partition coefficient (Wildman–Crippen LogP) is 16.5. The molecule has 0 N–H and O–H groups in total. The summed E-state index contributed by atoms with van der Waals surface area (Å²) >= 11 is 0. The van der Waals surface area contributed by atoms with E-state index in [9.17, 15) is 10.5 Å². The summed E-state index contributed by atoms with van der Waals surface area (Å²) in [5.41, 5.74) is 21.1. The SMILES string of the molecule is CC(C)(C)CC1(CC(C)(C)C)c2ccc3c(c2-c2cc4c5c6c(c(C#N)cc5n5c7cc(C#N)c8c(c7c(c21)c45)C1CC2CC(CC8C2)C1)C1CC2CC(C1)CC6C2)C(C)(C)CC3(C)C. The van der Waals surface area contributed by atoms with Crippen LogP contribution < -0.4 is 0 Å². The predicted molar refractivity (Wildman–Crippen MR) is 267 cm³/mol. The van der Waals surface area contributed by atoms with Gasteiger partial charge in [0.2, 0.25) is 0 Å². The quantitative estimate of drug-likeness (QED) is 0.174. The number of hydrogen-bond acceptors (Lipinski definition) is 2. The summed E-state index contributed by atoms with van der Waals surface area (Å²) in [6, 6.07) is 18.5. The maximum atomic E-state index is 11.4. The highest BCUT2D eigenvalue weighted by atomic mass is 14.9. The van der Waals surface area contributed by atoms with Gasteiger partial charge in [-0.15, -0.1) is 0 Å². The summed E-state index contributed by atoms with van der Waals surface area (Å²) in [6.45, 7) is 25.1. The summed E-state index contributed by atoms with van der Waals surface area (Å²) in [5, 5.41) is 28.6. The number of nitriles is 2. The Hall–Kier alpha value is -4.34. The molecule has 4 unspecified atom stereocenters. The second-order valence-electron chi connectivity index (χ2n) is 27.9. The molecule has 2 heterocycles. The van der Waals surface area contributed by atoms with Gasteiger partial charge in [0.25, 0.3) is 0 Å². The van der Waals surface area contributed by atoms with Gasteiger partial charge in [-0.2, -0.15) is 10.5 Å². The van der Waals surface area contributed by atoms with Crippen LogP contribution in [-0.2, 0) is 16.2 Å². The van der Waals surface area contributed by atoms with E-state index in [-0.39, 0.29) is 27.1 Å². The van der Waals surface area contributed by atoms with E-state index in [0.29, 0.717) is 23.7 Å². The van der Waals surface area contributed by atoms with Crippen LogP contribution in [0.25, 0.3) is 49.2 Å². The van der Waals surface area contributed by atoms with Gasteiger partial charge in [-0.25, -0.2) is 0 Å². The second kappa shape index (κ2) is 12.2. The highest BCUT2D eigenvalue weighted by molar-refractivity contribution is 6.28. The number of aromatic nitrogens is 1. The summed E-state index contributed by atoms with van der Waals surface area (Å²) in [6.07, 6.45) is 16.1. The van der Waals surface area contributed by atoms with Gasteiger partial charge in [0, 0.05) is 27.0 Å². The third-order valence-electron chi connectivity index (χ3n) is 19.9. The third-order valence-corrected chi connectivity index (χ3v) is 19.9. The van der Waals surface area contributed by atoms with Crippen molar-refractivity contribution in [1.29, 1.82) is 10.5 Å². The summed E-state index contributed by atoms with van der Waals surface area (Å²) < 4.78 is 2.68. The smallest absolute Gasteiger partial charge is 0.0995 e. The van der Waals surface area contributed by atoms with Crippen molar-refractivity contribution in [2.24, 2.45) is 34.5 Å². The highest BCUT2D eigenvalue weighted by Crippen LogP contribution is 2.68. The molecular formula is C62H69N3. The van der Waals surface area contributed by atoms with E-state index in [2.05, 4.69) is 116 Å². The Morgan fingerprint density at radius 1 is 0.554 bits per heavy atom. The highest BCUT2D eigenvalue weighted by Gasteiger charge is 2.55. The van der Waals surface area contributed by atoms with Crippen molar-refractivity contribution in [3.05, 3.63) is 86.0 Å². The second-order valence-corrected chi connectivity index (χ2v) is 27.9. The number of rotatable bonds is 2.